The molecule has 5 heteroatoms. The van der Waals surface area contributed by atoms with Gasteiger partial charge in [0.2, 0.25) is 9.84 Å². The van der Waals surface area contributed by atoms with Gasteiger partial charge in [-0.15, -0.1) is 0 Å². The van der Waals surface area contributed by atoms with Gasteiger partial charge < -0.3 is 4.74 Å². The Morgan fingerprint density at radius 3 is 2.25 bits per heavy atom. The van der Waals surface area contributed by atoms with Gasteiger partial charge in [-0.3, -0.25) is 4.79 Å². The number of hydrogen-bond donors (Lipinski definition) is 0. The van der Waals surface area contributed by atoms with Crippen molar-refractivity contribution in [2.75, 3.05) is 7.11 Å². The number of allylic oxidation sites excluding steroid dienone is 1. The molecule has 0 aliphatic rings. The normalized spacial score (nSPS) is 11.9. The van der Waals surface area contributed by atoms with Crippen LogP contribution in [-0.2, 0) is 19.4 Å². The summed E-state index contributed by atoms with van der Waals surface area (Å²) in [6, 6.07) is 8.16. The molecular weight excluding hydrogens is 276 g/mol. The standard InChI is InChI=1S/C15H20O4S/c1-12(10-15(2,3)11-14(16)19-4)20(17,18)13-8-6-5-7-9-13/h5-9H,1,10-11H2,2-4H3. The lowest BCUT2D eigenvalue weighted by Crippen LogP contribution is -2.20. The van der Waals surface area contributed by atoms with Crippen LogP contribution in [-0.4, -0.2) is 21.5 Å². The Morgan fingerprint density at radius 1 is 1.20 bits per heavy atom. The number of carbonyl (C=O) groups excluding carboxylic acids is 1. The topological polar surface area (TPSA) is 60.4 Å². The van der Waals surface area contributed by atoms with Crippen LogP contribution < -0.4 is 0 Å². The van der Waals surface area contributed by atoms with Crippen molar-refractivity contribution in [1.82, 2.24) is 0 Å². The number of methoxy groups -OCH3 is 1. The average Bonchev–Trinajstić information content (AvgIpc) is 2.38. The first-order chi connectivity index (χ1) is 9.19. The summed E-state index contributed by atoms with van der Waals surface area (Å²) >= 11 is 0. The monoisotopic (exact) mass is 296 g/mol. The zero-order valence-corrected chi connectivity index (χ0v) is 12.9. The van der Waals surface area contributed by atoms with E-state index in [-0.39, 0.29) is 28.6 Å². The van der Waals surface area contributed by atoms with E-state index in [1.807, 2.05) is 13.8 Å². The molecule has 0 N–H and O–H groups in total. The molecule has 0 aliphatic heterocycles. The molecule has 0 heterocycles. The van der Waals surface area contributed by atoms with Gasteiger partial charge in [0.25, 0.3) is 0 Å². The highest BCUT2D eigenvalue weighted by Crippen LogP contribution is 2.33. The molecular formula is C15H20O4S. The van der Waals surface area contributed by atoms with Gasteiger partial charge in [-0.05, 0) is 24.0 Å². The molecule has 0 fully saturated rings. The number of sulfone groups is 1. The van der Waals surface area contributed by atoms with Crippen molar-refractivity contribution >= 4 is 15.8 Å². The van der Waals surface area contributed by atoms with Gasteiger partial charge in [-0.1, -0.05) is 38.6 Å². The maximum Gasteiger partial charge on any atom is 0.306 e. The van der Waals surface area contributed by atoms with Crippen molar-refractivity contribution in [3.8, 4) is 0 Å². The molecule has 0 spiro atoms. The van der Waals surface area contributed by atoms with E-state index in [1.165, 1.54) is 19.2 Å². The van der Waals surface area contributed by atoms with Crippen LogP contribution in [0.25, 0.3) is 0 Å². The summed E-state index contributed by atoms with van der Waals surface area (Å²) in [4.78, 5) is 11.7. The van der Waals surface area contributed by atoms with Crippen LogP contribution >= 0.6 is 0 Å². The lowest BCUT2D eigenvalue weighted by atomic mass is 9.86. The van der Waals surface area contributed by atoms with Gasteiger partial charge in [0.05, 0.1) is 18.4 Å². The minimum Gasteiger partial charge on any atom is -0.469 e. The lowest BCUT2D eigenvalue weighted by Gasteiger charge is -2.24. The van der Waals surface area contributed by atoms with E-state index in [0.29, 0.717) is 0 Å². The quantitative estimate of drug-likeness (QED) is 0.757. The van der Waals surface area contributed by atoms with Gasteiger partial charge in [-0.2, -0.15) is 0 Å². The molecule has 0 aromatic heterocycles. The molecule has 0 amide bonds. The Labute approximate surface area is 120 Å². The third-order valence-corrected chi connectivity index (χ3v) is 4.76. The van der Waals surface area contributed by atoms with Crippen LogP contribution in [0.15, 0.2) is 46.7 Å². The zero-order chi connectivity index (χ0) is 15.4. The van der Waals surface area contributed by atoms with E-state index in [4.69, 9.17) is 0 Å². The van der Waals surface area contributed by atoms with Crippen molar-refractivity contribution in [2.45, 2.75) is 31.6 Å². The molecule has 1 aromatic carbocycles. The number of ether oxygens (including phenoxy) is 1. The van der Waals surface area contributed by atoms with Crippen LogP contribution in [0.3, 0.4) is 0 Å². The minimum atomic E-state index is -3.56. The lowest BCUT2D eigenvalue weighted by molar-refractivity contribution is -0.142. The Kier molecular flexibility index (Phi) is 5.11. The van der Waals surface area contributed by atoms with E-state index >= 15 is 0 Å². The van der Waals surface area contributed by atoms with E-state index in [2.05, 4.69) is 11.3 Å². The molecule has 0 saturated carbocycles. The number of rotatable bonds is 6. The van der Waals surface area contributed by atoms with Crippen molar-refractivity contribution in [3.63, 3.8) is 0 Å². The summed E-state index contributed by atoms with van der Waals surface area (Å²) in [6.07, 6.45) is 0.353. The zero-order valence-electron chi connectivity index (χ0n) is 12.0. The number of benzene rings is 1. The molecule has 0 saturated heterocycles. The molecule has 0 atom stereocenters. The Balaban J connectivity index is 2.88. The SMILES string of the molecule is C=C(CC(C)(C)CC(=O)OC)S(=O)(=O)c1ccccc1. The number of esters is 1. The van der Waals surface area contributed by atoms with E-state index in [9.17, 15) is 13.2 Å². The number of hydrogen-bond acceptors (Lipinski definition) is 4. The second-order valence-electron chi connectivity index (χ2n) is 5.45. The predicted molar refractivity (Wildman–Crippen MR) is 77.8 cm³/mol. The van der Waals surface area contributed by atoms with Crippen LogP contribution in [0.5, 0.6) is 0 Å². The smallest absolute Gasteiger partial charge is 0.306 e. The Morgan fingerprint density at radius 2 is 1.75 bits per heavy atom. The molecule has 0 unspecified atom stereocenters. The Bertz CT molecular complexity index is 586. The molecule has 0 aliphatic carbocycles. The average molecular weight is 296 g/mol. The van der Waals surface area contributed by atoms with Crippen LogP contribution in [0.2, 0.25) is 0 Å². The van der Waals surface area contributed by atoms with Gasteiger partial charge in [-0.25, -0.2) is 8.42 Å². The fraction of sp³-hybridized carbons (Fsp3) is 0.400. The van der Waals surface area contributed by atoms with Crippen molar-refractivity contribution in [1.29, 1.82) is 0 Å². The fourth-order valence-electron chi connectivity index (χ4n) is 1.92. The van der Waals surface area contributed by atoms with Crippen LogP contribution in [0.1, 0.15) is 26.7 Å². The third-order valence-electron chi connectivity index (χ3n) is 2.96. The highest BCUT2D eigenvalue weighted by molar-refractivity contribution is 7.95. The largest absolute Gasteiger partial charge is 0.469 e. The van der Waals surface area contributed by atoms with Crippen molar-refractivity contribution < 1.29 is 17.9 Å². The molecule has 20 heavy (non-hydrogen) atoms. The van der Waals surface area contributed by atoms with Gasteiger partial charge in [0, 0.05) is 4.91 Å². The van der Waals surface area contributed by atoms with Gasteiger partial charge in [0.1, 0.15) is 0 Å². The van der Waals surface area contributed by atoms with Crippen LogP contribution in [0, 0.1) is 5.41 Å². The maximum atomic E-state index is 12.3. The summed E-state index contributed by atoms with van der Waals surface area (Å²) in [5.74, 6) is -0.361. The molecule has 0 bridgehead atoms. The highest BCUT2D eigenvalue weighted by atomic mass is 32.2. The maximum absolute atomic E-state index is 12.3. The highest BCUT2D eigenvalue weighted by Gasteiger charge is 2.28. The van der Waals surface area contributed by atoms with Crippen LogP contribution in [0.4, 0.5) is 0 Å². The first kappa shape index (κ1) is 16.4. The van der Waals surface area contributed by atoms with Gasteiger partial charge in [0.15, 0.2) is 0 Å². The summed E-state index contributed by atoms with van der Waals surface area (Å²) in [5.41, 5.74) is -0.522. The summed E-state index contributed by atoms with van der Waals surface area (Å²) in [5, 5.41) is 0. The van der Waals surface area contributed by atoms with Crippen molar-refractivity contribution in [3.05, 3.63) is 41.8 Å². The van der Waals surface area contributed by atoms with E-state index < -0.39 is 15.3 Å². The summed E-state index contributed by atoms with van der Waals surface area (Å²) in [6.45, 7) is 7.31. The number of carbonyl (C=O) groups is 1. The molecule has 0 radical (unpaired) electrons. The minimum absolute atomic E-state index is 0.109. The molecule has 1 rings (SSSR count). The van der Waals surface area contributed by atoms with E-state index in [0.717, 1.165) is 0 Å². The molecule has 1 aromatic rings. The Hall–Kier alpha value is -1.62. The third kappa shape index (κ3) is 4.20. The predicted octanol–water partition coefficient (Wildman–Crippen LogP) is 2.95. The van der Waals surface area contributed by atoms with Gasteiger partial charge >= 0.3 is 5.97 Å². The summed E-state index contributed by atoms with van der Waals surface area (Å²) in [7, 11) is -2.25. The first-order valence-corrected chi connectivity index (χ1v) is 7.72. The molecule has 110 valence electrons. The summed E-state index contributed by atoms with van der Waals surface area (Å²) < 4.78 is 29.3. The second kappa shape index (κ2) is 6.22. The molecule has 4 nitrogen and oxygen atoms in total. The second-order valence-corrected chi connectivity index (χ2v) is 7.50. The fourth-order valence-corrected chi connectivity index (χ4v) is 3.35. The van der Waals surface area contributed by atoms with E-state index in [1.54, 1.807) is 18.2 Å². The first-order valence-electron chi connectivity index (χ1n) is 6.24. The van der Waals surface area contributed by atoms with Crippen molar-refractivity contribution in [2.24, 2.45) is 5.41 Å².